The lowest BCUT2D eigenvalue weighted by molar-refractivity contribution is -0.0709. The van der Waals surface area contributed by atoms with E-state index < -0.39 is 22.9 Å². The average Bonchev–Trinajstić information content (AvgIpc) is 2.57. The molecule has 0 aromatic heterocycles. The van der Waals surface area contributed by atoms with Crippen LogP contribution >= 0.6 is 11.6 Å². The smallest absolute Gasteiger partial charge is 0.410 e. The summed E-state index contributed by atoms with van der Waals surface area (Å²) in [4.78, 5) is 14.2. The van der Waals surface area contributed by atoms with E-state index >= 15 is 0 Å². The SMILES string of the molecule is CC(C)(C)OC(=O)N1CCC[C@@](C)(C(OCCN)c2cccc(Cl)c2F)C1. The van der Waals surface area contributed by atoms with Gasteiger partial charge < -0.3 is 20.1 Å². The quantitative estimate of drug-likeness (QED) is 0.788. The number of ether oxygens (including phenoxy) is 2. The zero-order valence-corrected chi connectivity index (χ0v) is 17.3. The maximum absolute atomic E-state index is 14.7. The minimum Gasteiger partial charge on any atom is -0.444 e. The predicted octanol–water partition coefficient (Wildman–Crippen LogP) is 4.53. The van der Waals surface area contributed by atoms with E-state index in [1.54, 1.807) is 17.0 Å². The number of nitrogens with two attached hydrogens (primary N) is 1. The molecule has 7 heteroatoms. The van der Waals surface area contributed by atoms with Gasteiger partial charge in [0, 0.05) is 30.6 Å². The Morgan fingerprint density at radius 1 is 1.44 bits per heavy atom. The van der Waals surface area contributed by atoms with E-state index in [2.05, 4.69) is 0 Å². The number of nitrogens with zero attached hydrogens (tertiary/aromatic N) is 1. The van der Waals surface area contributed by atoms with Gasteiger partial charge in [0.2, 0.25) is 0 Å². The van der Waals surface area contributed by atoms with Crippen molar-refractivity contribution in [1.82, 2.24) is 4.90 Å². The summed E-state index contributed by atoms with van der Waals surface area (Å²) in [5, 5.41) is 0.0530. The molecular formula is C20H30ClFN2O3. The van der Waals surface area contributed by atoms with Crippen molar-refractivity contribution in [2.75, 3.05) is 26.2 Å². The number of piperidine rings is 1. The molecule has 0 spiro atoms. The summed E-state index contributed by atoms with van der Waals surface area (Å²) in [6.07, 6.45) is 0.635. The van der Waals surface area contributed by atoms with Crippen LogP contribution in [0.15, 0.2) is 18.2 Å². The van der Waals surface area contributed by atoms with Crippen LogP contribution in [0.3, 0.4) is 0 Å². The Bertz CT molecular complexity index is 665. The average molecular weight is 401 g/mol. The standard InChI is InChI=1S/C20H30ClFN2O3/c1-19(2,3)27-18(25)24-11-6-9-20(4,13-24)17(26-12-10-23)14-7-5-8-15(21)16(14)22/h5,7-8,17H,6,9-13,23H2,1-4H3/t17?,20-/m1/s1. The summed E-state index contributed by atoms with van der Waals surface area (Å²) in [5.41, 5.74) is 4.94. The summed E-state index contributed by atoms with van der Waals surface area (Å²) in [7, 11) is 0. The van der Waals surface area contributed by atoms with Gasteiger partial charge in [0.05, 0.1) is 17.7 Å². The second kappa shape index (κ2) is 8.76. The zero-order valence-electron chi connectivity index (χ0n) is 16.6. The highest BCUT2D eigenvalue weighted by atomic mass is 35.5. The summed E-state index contributed by atoms with van der Waals surface area (Å²) in [5.74, 6) is -0.489. The highest BCUT2D eigenvalue weighted by Crippen LogP contribution is 2.45. The van der Waals surface area contributed by atoms with E-state index in [1.165, 1.54) is 6.07 Å². The second-order valence-electron chi connectivity index (χ2n) is 8.34. The molecule has 1 saturated heterocycles. The van der Waals surface area contributed by atoms with Crippen LogP contribution in [-0.4, -0.2) is 42.8 Å². The molecule has 1 fully saturated rings. The van der Waals surface area contributed by atoms with Crippen LogP contribution in [0, 0.1) is 11.2 Å². The highest BCUT2D eigenvalue weighted by molar-refractivity contribution is 6.30. The minimum atomic E-state index is -0.570. The molecule has 1 aliphatic rings. The van der Waals surface area contributed by atoms with Gasteiger partial charge in [0.25, 0.3) is 0 Å². The molecule has 2 atom stereocenters. The molecular weight excluding hydrogens is 371 g/mol. The molecule has 5 nitrogen and oxygen atoms in total. The number of halogens is 2. The van der Waals surface area contributed by atoms with Gasteiger partial charge in [-0.1, -0.05) is 30.7 Å². The molecule has 0 saturated carbocycles. The normalized spacial score (nSPS) is 21.8. The Morgan fingerprint density at radius 3 is 2.78 bits per heavy atom. The van der Waals surface area contributed by atoms with Gasteiger partial charge in [0.15, 0.2) is 0 Å². The largest absolute Gasteiger partial charge is 0.444 e. The summed E-state index contributed by atoms with van der Waals surface area (Å²) in [6, 6.07) is 4.90. The number of benzene rings is 1. The molecule has 0 aliphatic carbocycles. The Labute approximate surface area is 165 Å². The van der Waals surface area contributed by atoms with E-state index in [-0.39, 0.29) is 11.1 Å². The van der Waals surface area contributed by atoms with Gasteiger partial charge in [0.1, 0.15) is 11.4 Å². The van der Waals surface area contributed by atoms with Gasteiger partial charge in [-0.05, 0) is 39.7 Å². The van der Waals surface area contributed by atoms with E-state index in [1.807, 2.05) is 27.7 Å². The highest BCUT2D eigenvalue weighted by Gasteiger charge is 2.43. The lowest BCUT2D eigenvalue weighted by atomic mass is 9.74. The van der Waals surface area contributed by atoms with Gasteiger partial charge >= 0.3 is 6.09 Å². The first-order chi connectivity index (χ1) is 12.6. The van der Waals surface area contributed by atoms with Gasteiger partial charge in [-0.2, -0.15) is 0 Å². The van der Waals surface area contributed by atoms with E-state index in [0.29, 0.717) is 31.8 Å². The predicted molar refractivity (Wildman–Crippen MR) is 104 cm³/mol. The minimum absolute atomic E-state index is 0.0530. The molecule has 27 heavy (non-hydrogen) atoms. The molecule has 152 valence electrons. The van der Waals surface area contributed by atoms with E-state index in [0.717, 1.165) is 12.8 Å². The van der Waals surface area contributed by atoms with Crippen LogP contribution in [0.25, 0.3) is 0 Å². The molecule has 1 aromatic rings. The van der Waals surface area contributed by atoms with Crippen molar-refractivity contribution in [3.05, 3.63) is 34.6 Å². The Balaban J connectivity index is 2.30. The maximum Gasteiger partial charge on any atom is 0.410 e. The van der Waals surface area contributed by atoms with Crippen LogP contribution in [-0.2, 0) is 9.47 Å². The monoisotopic (exact) mass is 400 g/mol. The number of carbonyl (C=O) groups is 1. The zero-order chi connectivity index (χ0) is 20.2. The lowest BCUT2D eigenvalue weighted by Gasteiger charge is -2.45. The number of hydrogen-bond acceptors (Lipinski definition) is 4. The molecule has 1 aromatic carbocycles. The molecule has 1 unspecified atom stereocenters. The fourth-order valence-electron chi connectivity index (χ4n) is 3.54. The van der Waals surface area contributed by atoms with Crippen molar-refractivity contribution in [2.45, 2.75) is 52.2 Å². The lowest BCUT2D eigenvalue weighted by Crippen LogP contribution is -2.49. The first kappa shape index (κ1) is 21.9. The summed E-state index contributed by atoms with van der Waals surface area (Å²) >= 11 is 5.99. The van der Waals surface area contributed by atoms with Crippen molar-refractivity contribution in [2.24, 2.45) is 11.1 Å². The molecule has 2 rings (SSSR count). The fraction of sp³-hybridized carbons (Fsp3) is 0.650. The fourth-order valence-corrected chi connectivity index (χ4v) is 3.72. The topological polar surface area (TPSA) is 64.8 Å². The Kier molecular flexibility index (Phi) is 7.11. The third-order valence-electron chi connectivity index (χ3n) is 4.68. The van der Waals surface area contributed by atoms with Crippen molar-refractivity contribution in [3.8, 4) is 0 Å². The van der Waals surface area contributed by atoms with Crippen molar-refractivity contribution in [3.63, 3.8) is 0 Å². The third-order valence-corrected chi connectivity index (χ3v) is 4.97. The van der Waals surface area contributed by atoms with Crippen molar-refractivity contribution in [1.29, 1.82) is 0 Å². The van der Waals surface area contributed by atoms with E-state index in [9.17, 15) is 9.18 Å². The number of hydrogen-bond donors (Lipinski definition) is 1. The Morgan fingerprint density at radius 2 is 2.15 bits per heavy atom. The second-order valence-corrected chi connectivity index (χ2v) is 8.75. The number of likely N-dealkylation sites (tertiary alicyclic amines) is 1. The molecule has 0 bridgehead atoms. The van der Waals surface area contributed by atoms with Crippen LogP contribution in [0.5, 0.6) is 0 Å². The molecule has 1 amide bonds. The van der Waals surface area contributed by atoms with Gasteiger partial charge in [-0.25, -0.2) is 9.18 Å². The van der Waals surface area contributed by atoms with Crippen molar-refractivity contribution >= 4 is 17.7 Å². The molecule has 0 radical (unpaired) electrons. The summed E-state index contributed by atoms with van der Waals surface area (Å²) < 4.78 is 26.2. The van der Waals surface area contributed by atoms with Crippen LogP contribution in [0.2, 0.25) is 5.02 Å². The van der Waals surface area contributed by atoms with E-state index in [4.69, 9.17) is 26.8 Å². The maximum atomic E-state index is 14.7. The number of amides is 1. The first-order valence-electron chi connectivity index (χ1n) is 9.31. The Hall–Kier alpha value is -1.37. The van der Waals surface area contributed by atoms with Gasteiger partial charge in [-0.3, -0.25) is 0 Å². The van der Waals surface area contributed by atoms with Crippen LogP contribution in [0.4, 0.5) is 9.18 Å². The first-order valence-corrected chi connectivity index (χ1v) is 9.69. The molecule has 1 heterocycles. The molecule has 2 N–H and O–H groups in total. The number of carbonyl (C=O) groups excluding carboxylic acids is 1. The summed E-state index contributed by atoms with van der Waals surface area (Å²) in [6.45, 7) is 9.14. The van der Waals surface area contributed by atoms with Crippen LogP contribution < -0.4 is 5.73 Å². The molecule has 1 aliphatic heterocycles. The van der Waals surface area contributed by atoms with Crippen LogP contribution in [0.1, 0.15) is 52.2 Å². The van der Waals surface area contributed by atoms with Crippen molar-refractivity contribution < 1.29 is 18.7 Å². The van der Waals surface area contributed by atoms with Gasteiger partial charge in [-0.15, -0.1) is 0 Å². The number of rotatable bonds is 5. The third kappa shape index (κ3) is 5.56.